The van der Waals surface area contributed by atoms with E-state index in [-0.39, 0.29) is 11.1 Å². The van der Waals surface area contributed by atoms with E-state index in [1.165, 1.54) is 32.6 Å². The number of Topliss-reactive ketones (excluding diaryl/α,β-unsaturated/α-hetero) is 2. The van der Waals surface area contributed by atoms with Gasteiger partial charge in [-0.1, -0.05) is 0 Å². The van der Waals surface area contributed by atoms with E-state index >= 15 is 0 Å². The van der Waals surface area contributed by atoms with Crippen LogP contribution in [0.2, 0.25) is 0 Å². The van der Waals surface area contributed by atoms with Gasteiger partial charge in [0.1, 0.15) is 17.3 Å². The van der Waals surface area contributed by atoms with Crippen LogP contribution in [0.5, 0.6) is 11.5 Å². The smallest absolute Gasteiger partial charge is 0.201 e. The minimum Gasteiger partial charge on any atom is -0.497 e. The van der Waals surface area contributed by atoms with Crippen molar-refractivity contribution in [2.75, 3.05) is 28.3 Å². The first kappa shape index (κ1) is 19.2. The highest BCUT2D eigenvalue weighted by Crippen LogP contribution is 2.22. The molecule has 0 saturated carbocycles. The van der Waals surface area contributed by atoms with E-state index in [4.69, 9.17) is 9.47 Å². The monoisotopic (exact) mass is 357 g/mol. The Labute approximate surface area is 151 Å². The molecule has 0 atom stereocenters. The number of methoxy groups -OCH3 is 2. The lowest BCUT2D eigenvalue weighted by Gasteiger charge is -2.12. The summed E-state index contributed by atoms with van der Waals surface area (Å²) in [4.78, 5) is 27.2. The number of carbonyl (C=O) groups excluding carboxylic acids is 2. The third kappa shape index (κ3) is 4.27. The normalized spacial score (nSPS) is 11.0. The largest absolute Gasteiger partial charge is 0.497 e. The SMILES string of the molecule is COc1ccc(C(=O)/C(=C/N(C)C)C(=O)c2ccc(OC)cc2F)cc1. The molecule has 0 bridgehead atoms. The molecule has 0 spiro atoms. The Kier molecular flexibility index (Phi) is 6.11. The number of rotatable bonds is 7. The van der Waals surface area contributed by atoms with Crippen LogP contribution < -0.4 is 9.47 Å². The molecule has 2 aromatic carbocycles. The molecule has 0 aromatic heterocycles. The third-order valence-corrected chi connectivity index (χ3v) is 3.65. The number of benzene rings is 2. The van der Waals surface area contributed by atoms with Crippen molar-refractivity contribution < 1.29 is 23.5 Å². The van der Waals surface area contributed by atoms with Crippen LogP contribution in [0.3, 0.4) is 0 Å². The molecule has 2 aromatic rings. The van der Waals surface area contributed by atoms with Gasteiger partial charge in [-0.3, -0.25) is 9.59 Å². The second kappa shape index (κ2) is 8.29. The predicted molar refractivity (Wildman–Crippen MR) is 96.4 cm³/mol. The molecule has 0 amide bonds. The molecular weight excluding hydrogens is 337 g/mol. The van der Waals surface area contributed by atoms with Crippen molar-refractivity contribution in [2.45, 2.75) is 0 Å². The van der Waals surface area contributed by atoms with Crippen molar-refractivity contribution in [3.8, 4) is 11.5 Å². The molecule has 0 N–H and O–H groups in total. The second-order valence-electron chi connectivity index (χ2n) is 5.74. The van der Waals surface area contributed by atoms with Crippen molar-refractivity contribution >= 4 is 11.6 Å². The summed E-state index contributed by atoms with van der Waals surface area (Å²) in [7, 11) is 6.28. The molecule has 0 saturated heterocycles. The average Bonchev–Trinajstić information content (AvgIpc) is 2.64. The van der Waals surface area contributed by atoms with Gasteiger partial charge in [-0.15, -0.1) is 0 Å². The van der Waals surface area contributed by atoms with Gasteiger partial charge in [0.05, 0.1) is 25.4 Å². The number of hydrogen-bond donors (Lipinski definition) is 0. The first-order valence-electron chi connectivity index (χ1n) is 7.82. The summed E-state index contributed by atoms with van der Waals surface area (Å²) in [6.07, 6.45) is 1.39. The zero-order chi connectivity index (χ0) is 19.3. The van der Waals surface area contributed by atoms with Gasteiger partial charge >= 0.3 is 0 Å². The van der Waals surface area contributed by atoms with E-state index in [1.54, 1.807) is 43.3 Å². The molecule has 0 heterocycles. The van der Waals surface area contributed by atoms with Crippen LogP contribution in [0, 0.1) is 5.82 Å². The number of hydrogen-bond acceptors (Lipinski definition) is 5. The lowest BCUT2D eigenvalue weighted by atomic mass is 9.96. The van der Waals surface area contributed by atoms with Crippen molar-refractivity contribution in [3.05, 3.63) is 71.2 Å². The molecule has 5 nitrogen and oxygen atoms in total. The van der Waals surface area contributed by atoms with Crippen LogP contribution >= 0.6 is 0 Å². The molecule has 0 aliphatic rings. The summed E-state index contributed by atoms with van der Waals surface area (Å²) >= 11 is 0. The molecule has 0 radical (unpaired) electrons. The Hall–Kier alpha value is -3.15. The fourth-order valence-corrected chi connectivity index (χ4v) is 2.33. The number of ketones is 2. The van der Waals surface area contributed by atoms with Crippen molar-refractivity contribution in [2.24, 2.45) is 0 Å². The van der Waals surface area contributed by atoms with E-state index in [1.807, 2.05) is 0 Å². The zero-order valence-corrected chi connectivity index (χ0v) is 15.1. The molecule has 6 heteroatoms. The standard InChI is InChI=1S/C20H20FNO4/c1-22(2)12-17(19(23)13-5-7-14(25-3)8-6-13)20(24)16-10-9-15(26-4)11-18(16)21/h5-12H,1-4H3/b17-12-. The molecule has 0 unspecified atom stereocenters. The highest BCUT2D eigenvalue weighted by Gasteiger charge is 2.24. The lowest BCUT2D eigenvalue weighted by Crippen LogP contribution is -2.18. The van der Waals surface area contributed by atoms with E-state index < -0.39 is 17.4 Å². The maximum atomic E-state index is 14.3. The Balaban J connectivity index is 2.43. The van der Waals surface area contributed by atoms with E-state index in [0.29, 0.717) is 17.1 Å². The number of allylic oxidation sites excluding steroid dienone is 1. The van der Waals surface area contributed by atoms with Crippen LogP contribution in [0.25, 0.3) is 0 Å². The number of carbonyl (C=O) groups is 2. The molecule has 2 rings (SSSR count). The Morgan fingerprint density at radius 1 is 0.923 bits per heavy atom. The van der Waals surface area contributed by atoms with Crippen molar-refractivity contribution in [3.63, 3.8) is 0 Å². The molecule has 0 fully saturated rings. The number of nitrogens with zero attached hydrogens (tertiary/aromatic N) is 1. The van der Waals surface area contributed by atoms with E-state index in [9.17, 15) is 14.0 Å². The summed E-state index contributed by atoms with van der Waals surface area (Å²) in [6.45, 7) is 0. The van der Waals surface area contributed by atoms with Gasteiger partial charge in [-0.25, -0.2) is 4.39 Å². The zero-order valence-electron chi connectivity index (χ0n) is 15.1. The maximum absolute atomic E-state index is 14.3. The van der Waals surface area contributed by atoms with Crippen LogP contribution in [0.1, 0.15) is 20.7 Å². The molecule has 136 valence electrons. The van der Waals surface area contributed by atoms with Crippen LogP contribution in [-0.4, -0.2) is 44.8 Å². The minimum absolute atomic E-state index is 0.135. The molecule has 0 aliphatic heterocycles. The van der Waals surface area contributed by atoms with Gasteiger partial charge in [0, 0.05) is 31.9 Å². The third-order valence-electron chi connectivity index (χ3n) is 3.65. The van der Waals surface area contributed by atoms with Gasteiger partial charge in [-0.2, -0.15) is 0 Å². The summed E-state index contributed by atoms with van der Waals surface area (Å²) < 4.78 is 24.3. The fourth-order valence-electron chi connectivity index (χ4n) is 2.33. The van der Waals surface area contributed by atoms with Gasteiger partial charge in [0.15, 0.2) is 5.78 Å². The maximum Gasteiger partial charge on any atom is 0.201 e. The topological polar surface area (TPSA) is 55.8 Å². The van der Waals surface area contributed by atoms with Gasteiger partial charge in [0.25, 0.3) is 0 Å². The molecule has 26 heavy (non-hydrogen) atoms. The van der Waals surface area contributed by atoms with Crippen LogP contribution in [-0.2, 0) is 0 Å². The van der Waals surface area contributed by atoms with E-state index in [0.717, 1.165) is 6.07 Å². The van der Waals surface area contributed by atoms with Crippen LogP contribution in [0.4, 0.5) is 4.39 Å². The van der Waals surface area contributed by atoms with Crippen LogP contribution in [0.15, 0.2) is 54.2 Å². The summed E-state index contributed by atoms with van der Waals surface area (Å²) in [5.41, 5.74) is -0.0221. The molecule has 0 aliphatic carbocycles. The summed E-state index contributed by atoms with van der Waals surface area (Å²) in [5, 5.41) is 0. The molecular formula is C20H20FNO4. The summed E-state index contributed by atoms with van der Waals surface area (Å²) in [6, 6.07) is 10.3. The highest BCUT2D eigenvalue weighted by atomic mass is 19.1. The minimum atomic E-state index is -0.749. The number of halogens is 1. The fraction of sp³-hybridized carbons (Fsp3) is 0.200. The Morgan fingerprint density at radius 2 is 1.50 bits per heavy atom. The average molecular weight is 357 g/mol. The second-order valence-corrected chi connectivity index (χ2v) is 5.74. The van der Waals surface area contributed by atoms with Gasteiger partial charge in [0.2, 0.25) is 5.78 Å². The van der Waals surface area contributed by atoms with Crippen molar-refractivity contribution in [1.29, 1.82) is 0 Å². The Morgan fingerprint density at radius 3 is 2.00 bits per heavy atom. The first-order chi connectivity index (χ1) is 12.4. The van der Waals surface area contributed by atoms with Crippen molar-refractivity contribution in [1.82, 2.24) is 4.90 Å². The highest BCUT2D eigenvalue weighted by molar-refractivity contribution is 6.30. The quantitative estimate of drug-likeness (QED) is 0.329. The predicted octanol–water partition coefficient (Wildman–Crippen LogP) is 3.35. The van der Waals surface area contributed by atoms with E-state index in [2.05, 4.69) is 0 Å². The Bertz CT molecular complexity index is 841. The first-order valence-corrected chi connectivity index (χ1v) is 7.82. The lowest BCUT2D eigenvalue weighted by molar-refractivity contribution is 0.0958. The number of ether oxygens (including phenoxy) is 2. The van der Waals surface area contributed by atoms with Gasteiger partial charge < -0.3 is 14.4 Å². The summed E-state index contributed by atoms with van der Waals surface area (Å²) in [5.74, 6) is -1.06. The van der Waals surface area contributed by atoms with Gasteiger partial charge in [-0.05, 0) is 36.4 Å².